The third-order valence-corrected chi connectivity index (χ3v) is 8.95. The Kier molecular flexibility index (Phi) is 10.6. The second-order valence-electron chi connectivity index (χ2n) is 10.4. The van der Waals surface area contributed by atoms with Gasteiger partial charge in [0.1, 0.15) is 18.4 Å². The summed E-state index contributed by atoms with van der Waals surface area (Å²) in [5.74, 6) is -1.24. The summed E-state index contributed by atoms with van der Waals surface area (Å²) >= 11 is 3.35. The van der Waals surface area contributed by atoms with Gasteiger partial charge in [0.25, 0.3) is 0 Å². The Morgan fingerprint density at radius 2 is 1.56 bits per heavy atom. The van der Waals surface area contributed by atoms with Gasteiger partial charge in [-0.2, -0.15) is 0 Å². The first kappa shape index (κ1) is 30.7. The number of rotatable bonds is 11. The van der Waals surface area contributed by atoms with E-state index in [1.54, 1.807) is 36.4 Å². The minimum atomic E-state index is -3.85. The van der Waals surface area contributed by atoms with E-state index in [1.165, 1.54) is 17.0 Å². The Bertz CT molecular complexity index is 1410. The Morgan fingerprint density at radius 3 is 2.17 bits per heavy atom. The number of benzene rings is 3. The predicted molar refractivity (Wildman–Crippen MR) is 162 cm³/mol. The molecular weight excluding hydrogens is 609 g/mol. The number of hydrogen-bond donors (Lipinski definition) is 1. The molecule has 1 fully saturated rings. The summed E-state index contributed by atoms with van der Waals surface area (Å²) < 4.78 is 41.2. The maximum Gasteiger partial charge on any atom is 0.244 e. The molecule has 3 aromatic carbocycles. The summed E-state index contributed by atoms with van der Waals surface area (Å²) in [7, 11) is -3.85. The van der Waals surface area contributed by atoms with Gasteiger partial charge in [0.05, 0.1) is 11.9 Å². The summed E-state index contributed by atoms with van der Waals surface area (Å²) in [6.45, 7) is -0.490. The number of carbonyl (C=O) groups is 2. The molecule has 1 atom stereocenters. The molecule has 0 aliphatic heterocycles. The number of amides is 2. The molecule has 4 rings (SSSR count). The largest absolute Gasteiger partial charge is 0.352 e. The van der Waals surface area contributed by atoms with Crippen LogP contribution in [0, 0.1) is 5.82 Å². The standard InChI is InChI=1S/C31H35BrFN3O4S/c1-41(39,40)36(28-18-14-25(32)15-19-28)22-30(37)35(21-24-12-16-26(33)17-13-24)29(20-23-8-4-2-5-9-23)31(38)34-27-10-6-3-7-11-27/h2,4-5,8-9,12-19,27,29H,3,6-7,10-11,20-22H2,1H3,(H,34,38)/t29-/m1/s1. The molecule has 0 radical (unpaired) electrons. The van der Waals surface area contributed by atoms with Gasteiger partial charge in [0, 0.05) is 23.5 Å². The molecule has 2 amide bonds. The highest BCUT2D eigenvalue weighted by molar-refractivity contribution is 9.10. The van der Waals surface area contributed by atoms with Crippen molar-refractivity contribution in [2.75, 3.05) is 17.1 Å². The van der Waals surface area contributed by atoms with Crippen LogP contribution in [0.2, 0.25) is 0 Å². The lowest BCUT2D eigenvalue weighted by atomic mass is 9.94. The van der Waals surface area contributed by atoms with Gasteiger partial charge in [-0.1, -0.05) is 77.7 Å². The number of carbonyl (C=O) groups excluding carboxylic acids is 2. The Morgan fingerprint density at radius 1 is 0.927 bits per heavy atom. The van der Waals surface area contributed by atoms with Crippen LogP contribution in [0.25, 0.3) is 0 Å². The molecule has 1 aliphatic carbocycles. The quantitative estimate of drug-likeness (QED) is 0.301. The number of nitrogens with zero attached hydrogens (tertiary/aromatic N) is 2. The second-order valence-corrected chi connectivity index (χ2v) is 13.3. The normalized spacial score (nSPS) is 14.7. The average Bonchev–Trinajstić information content (AvgIpc) is 2.95. The average molecular weight is 645 g/mol. The van der Waals surface area contributed by atoms with Gasteiger partial charge in [-0.15, -0.1) is 0 Å². The number of anilines is 1. The minimum absolute atomic E-state index is 0.00659. The van der Waals surface area contributed by atoms with Crippen molar-refractivity contribution in [3.63, 3.8) is 0 Å². The van der Waals surface area contributed by atoms with E-state index >= 15 is 0 Å². The summed E-state index contributed by atoms with van der Waals surface area (Å²) in [5.41, 5.74) is 1.82. The van der Waals surface area contributed by atoms with E-state index in [2.05, 4.69) is 21.2 Å². The highest BCUT2D eigenvalue weighted by Gasteiger charge is 2.34. The van der Waals surface area contributed by atoms with Gasteiger partial charge in [-0.25, -0.2) is 12.8 Å². The van der Waals surface area contributed by atoms with E-state index in [1.807, 2.05) is 30.3 Å². The highest BCUT2D eigenvalue weighted by atomic mass is 79.9. The van der Waals surface area contributed by atoms with Crippen LogP contribution in [0.1, 0.15) is 43.2 Å². The first-order valence-electron chi connectivity index (χ1n) is 13.7. The molecule has 218 valence electrons. The summed E-state index contributed by atoms with van der Waals surface area (Å²) in [5, 5.41) is 3.16. The zero-order valence-electron chi connectivity index (χ0n) is 23.0. The molecule has 10 heteroatoms. The molecule has 0 spiro atoms. The summed E-state index contributed by atoms with van der Waals surface area (Å²) in [4.78, 5) is 29.4. The topological polar surface area (TPSA) is 86.8 Å². The SMILES string of the molecule is CS(=O)(=O)N(CC(=O)N(Cc1ccc(F)cc1)[C@H](Cc1ccccc1)C(=O)NC1CCCCC1)c1ccc(Br)cc1. The van der Waals surface area contributed by atoms with E-state index in [-0.39, 0.29) is 24.9 Å². The fourth-order valence-electron chi connectivity index (χ4n) is 5.11. The molecular formula is C31H35BrFN3O4S. The van der Waals surface area contributed by atoms with Crippen LogP contribution in [-0.2, 0) is 32.6 Å². The van der Waals surface area contributed by atoms with Gasteiger partial charge in [0.15, 0.2) is 0 Å². The van der Waals surface area contributed by atoms with Gasteiger partial charge in [-0.05, 0) is 60.4 Å². The molecule has 41 heavy (non-hydrogen) atoms. The molecule has 7 nitrogen and oxygen atoms in total. The van der Waals surface area contributed by atoms with Crippen molar-refractivity contribution < 1.29 is 22.4 Å². The number of nitrogens with one attached hydrogen (secondary N) is 1. The lowest BCUT2D eigenvalue weighted by Crippen LogP contribution is -2.55. The van der Waals surface area contributed by atoms with Crippen molar-refractivity contribution in [1.29, 1.82) is 0 Å². The van der Waals surface area contributed by atoms with Crippen LogP contribution >= 0.6 is 15.9 Å². The first-order valence-corrected chi connectivity index (χ1v) is 16.4. The third-order valence-electron chi connectivity index (χ3n) is 7.28. The lowest BCUT2D eigenvalue weighted by Gasteiger charge is -2.35. The van der Waals surface area contributed by atoms with Crippen LogP contribution in [0.15, 0.2) is 83.3 Å². The van der Waals surface area contributed by atoms with Gasteiger partial charge < -0.3 is 10.2 Å². The maximum absolute atomic E-state index is 14.1. The molecule has 0 unspecified atom stereocenters. The number of hydrogen-bond acceptors (Lipinski definition) is 4. The van der Waals surface area contributed by atoms with Crippen LogP contribution < -0.4 is 9.62 Å². The smallest absolute Gasteiger partial charge is 0.244 e. The van der Waals surface area contributed by atoms with Crippen LogP contribution in [0.3, 0.4) is 0 Å². The summed E-state index contributed by atoms with van der Waals surface area (Å²) in [6.07, 6.45) is 6.23. The molecule has 0 aromatic heterocycles. The molecule has 1 N–H and O–H groups in total. The first-order chi connectivity index (χ1) is 19.6. The fourth-order valence-corrected chi connectivity index (χ4v) is 6.22. The van der Waals surface area contributed by atoms with E-state index in [9.17, 15) is 22.4 Å². The number of sulfonamides is 1. The zero-order chi connectivity index (χ0) is 29.4. The maximum atomic E-state index is 14.1. The van der Waals surface area contributed by atoms with E-state index in [4.69, 9.17) is 0 Å². The second kappa shape index (κ2) is 14.1. The van der Waals surface area contributed by atoms with Crippen molar-refractivity contribution in [3.8, 4) is 0 Å². The van der Waals surface area contributed by atoms with Crippen LogP contribution in [0.5, 0.6) is 0 Å². The monoisotopic (exact) mass is 643 g/mol. The zero-order valence-corrected chi connectivity index (χ0v) is 25.4. The highest BCUT2D eigenvalue weighted by Crippen LogP contribution is 2.23. The van der Waals surface area contributed by atoms with E-state index in [0.29, 0.717) is 11.3 Å². The molecule has 0 saturated heterocycles. The molecule has 3 aromatic rings. The van der Waals surface area contributed by atoms with Gasteiger partial charge in [0.2, 0.25) is 21.8 Å². The van der Waals surface area contributed by atoms with Crippen molar-refractivity contribution in [1.82, 2.24) is 10.2 Å². The third kappa shape index (κ3) is 8.87. The molecule has 0 bridgehead atoms. The van der Waals surface area contributed by atoms with Crippen molar-refractivity contribution in [2.45, 2.75) is 57.2 Å². The minimum Gasteiger partial charge on any atom is -0.352 e. The van der Waals surface area contributed by atoms with Crippen LogP contribution in [0.4, 0.5) is 10.1 Å². The lowest BCUT2D eigenvalue weighted by molar-refractivity contribution is -0.140. The van der Waals surface area contributed by atoms with E-state index in [0.717, 1.165) is 52.7 Å². The molecule has 0 heterocycles. The van der Waals surface area contributed by atoms with Gasteiger partial charge >= 0.3 is 0 Å². The Balaban J connectivity index is 1.71. The van der Waals surface area contributed by atoms with Crippen LogP contribution in [-0.4, -0.2) is 50.0 Å². The predicted octanol–water partition coefficient (Wildman–Crippen LogP) is 5.44. The molecule has 1 aliphatic rings. The number of halogens is 2. The molecule has 1 saturated carbocycles. The fraction of sp³-hybridized carbons (Fsp3) is 0.355. The Labute approximate surface area is 249 Å². The van der Waals surface area contributed by atoms with Crippen molar-refractivity contribution >= 4 is 43.5 Å². The van der Waals surface area contributed by atoms with E-state index < -0.39 is 34.3 Å². The summed E-state index contributed by atoms with van der Waals surface area (Å²) in [6, 6.07) is 20.9. The van der Waals surface area contributed by atoms with Gasteiger partial charge in [-0.3, -0.25) is 13.9 Å². The Hall–Kier alpha value is -3.24. The van der Waals surface area contributed by atoms with Crippen molar-refractivity contribution in [3.05, 3.63) is 100 Å². The van der Waals surface area contributed by atoms with Crippen molar-refractivity contribution in [2.24, 2.45) is 0 Å².